The minimum Gasteiger partial charge on any atom is -0.493 e. The number of benzene rings is 3. The van der Waals surface area contributed by atoms with Gasteiger partial charge in [0.1, 0.15) is 6.04 Å². The molecule has 3 aliphatic rings. The Balaban J connectivity index is 1.15. The van der Waals surface area contributed by atoms with Gasteiger partial charge in [0.2, 0.25) is 0 Å². The number of fused-ring (bicyclic) bond motifs is 6. The van der Waals surface area contributed by atoms with Crippen molar-refractivity contribution >= 4 is 45.7 Å². The standard InChI is InChI=1S/C28H28N4O4S/c1-35-23-11-10-17(14-24(23)36-2)12-13-29-27(37)30-16-19-15-22(30)25-26(33)32(28(34)31(19)25)21-9-5-7-18-6-3-4-8-20(18)21/h3-11,14,19,22,25H,12-13,15-16H2,1-2H3,(H,29,37)/t19-,22?,25?/m1/s1. The van der Waals surface area contributed by atoms with Gasteiger partial charge in [0.15, 0.2) is 16.6 Å². The van der Waals surface area contributed by atoms with Crippen LogP contribution < -0.4 is 19.7 Å². The predicted octanol–water partition coefficient (Wildman–Crippen LogP) is 3.57. The molecule has 2 bridgehead atoms. The van der Waals surface area contributed by atoms with E-state index in [4.69, 9.17) is 21.7 Å². The van der Waals surface area contributed by atoms with Crippen LogP contribution in [-0.4, -0.2) is 72.3 Å². The summed E-state index contributed by atoms with van der Waals surface area (Å²) in [5.41, 5.74) is 1.74. The average Bonchev–Trinajstić information content (AvgIpc) is 3.59. The van der Waals surface area contributed by atoms with Gasteiger partial charge in [0.05, 0.1) is 32.0 Å². The number of nitrogens with one attached hydrogen (secondary N) is 1. The van der Waals surface area contributed by atoms with Crippen molar-refractivity contribution < 1.29 is 19.1 Å². The minimum atomic E-state index is -0.518. The Morgan fingerprint density at radius 1 is 1.03 bits per heavy atom. The summed E-state index contributed by atoms with van der Waals surface area (Å²) in [7, 11) is 3.24. The van der Waals surface area contributed by atoms with Gasteiger partial charge in [-0.2, -0.15) is 0 Å². The molecule has 1 N–H and O–H groups in total. The third kappa shape index (κ3) is 3.76. The summed E-state index contributed by atoms with van der Waals surface area (Å²) in [4.78, 5) is 32.4. The Morgan fingerprint density at radius 3 is 2.62 bits per heavy atom. The number of rotatable bonds is 6. The lowest BCUT2D eigenvalue weighted by Gasteiger charge is -2.36. The average molecular weight is 517 g/mol. The number of nitrogens with zero attached hydrogens (tertiary/aromatic N) is 3. The van der Waals surface area contributed by atoms with Crippen molar-refractivity contribution in [2.75, 3.05) is 32.2 Å². The molecular formula is C28H28N4O4S. The SMILES string of the molecule is COc1ccc(CCNC(=S)N2C[C@H]3CC2C2C(=O)N(c4cccc5ccccc45)C(=O)N23)cc1OC. The summed E-state index contributed by atoms with van der Waals surface area (Å²) < 4.78 is 10.7. The number of thiocarbonyl (C=S) groups is 1. The molecule has 37 heavy (non-hydrogen) atoms. The molecule has 9 heteroatoms. The maximum Gasteiger partial charge on any atom is 0.332 e. The Morgan fingerprint density at radius 2 is 1.81 bits per heavy atom. The number of carbonyl (C=O) groups is 2. The highest BCUT2D eigenvalue weighted by Gasteiger charge is 2.62. The van der Waals surface area contributed by atoms with Crippen LogP contribution in [0.25, 0.3) is 10.8 Å². The number of hydrogen-bond donors (Lipinski definition) is 1. The van der Waals surface area contributed by atoms with Gasteiger partial charge in [-0.15, -0.1) is 0 Å². The van der Waals surface area contributed by atoms with Gasteiger partial charge < -0.3 is 24.6 Å². The van der Waals surface area contributed by atoms with Gasteiger partial charge in [-0.05, 0) is 54.2 Å². The zero-order chi connectivity index (χ0) is 25.7. The fourth-order valence-electron chi connectivity index (χ4n) is 5.97. The van der Waals surface area contributed by atoms with Crippen LogP contribution in [0.15, 0.2) is 60.7 Å². The Bertz CT molecular complexity index is 1410. The lowest BCUT2D eigenvalue weighted by atomic mass is 10.1. The summed E-state index contributed by atoms with van der Waals surface area (Å²) in [6, 6.07) is 18.5. The quantitative estimate of drug-likeness (QED) is 0.397. The summed E-state index contributed by atoms with van der Waals surface area (Å²) in [5, 5.41) is 5.87. The van der Waals surface area contributed by atoms with Crippen LogP contribution in [0.3, 0.4) is 0 Å². The van der Waals surface area contributed by atoms with Crippen molar-refractivity contribution in [3.8, 4) is 11.5 Å². The molecule has 3 saturated heterocycles. The monoisotopic (exact) mass is 516 g/mol. The van der Waals surface area contributed by atoms with E-state index < -0.39 is 6.04 Å². The van der Waals surface area contributed by atoms with Crippen molar-refractivity contribution in [1.29, 1.82) is 0 Å². The Kier molecular flexibility index (Phi) is 5.87. The molecule has 3 heterocycles. The minimum absolute atomic E-state index is 0.0305. The molecule has 0 aliphatic carbocycles. The highest BCUT2D eigenvalue weighted by molar-refractivity contribution is 7.80. The van der Waals surface area contributed by atoms with Crippen molar-refractivity contribution in [3.05, 3.63) is 66.2 Å². The summed E-state index contributed by atoms with van der Waals surface area (Å²) in [5.74, 6) is 1.21. The van der Waals surface area contributed by atoms with Gasteiger partial charge in [-0.25, -0.2) is 9.69 Å². The van der Waals surface area contributed by atoms with Crippen LogP contribution in [0, 0.1) is 0 Å². The number of hydrogen-bond acceptors (Lipinski definition) is 5. The van der Waals surface area contributed by atoms with Crippen molar-refractivity contribution in [1.82, 2.24) is 15.1 Å². The number of carbonyl (C=O) groups excluding carboxylic acids is 2. The van der Waals surface area contributed by atoms with Crippen LogP contribution in [0.5, 0.6) is 11.5 Å². The summed E-state index contributed by atoms with van der Waals surface area (Å²) in [6.45, 7) is 1.28. The largest absolute Gasteiger partial charge is 0.493 e. The Hall–Kier alpha value is -3.85. The van der Waals surface area contributed by atoms with E-state index in [1.54, 1.807) is 19.1 Å². The first kappa shape index (κ1) is 23.5. The number of amides is 3. The van der Waals surface area contributed by atoms with Gasteiger partial charge in [0.25, 0.3) is 5.91 Å². The van der Waals surface area contributed by atoms with E-state index in [9.17, 15) is 9.59 Å². The second-order valence-corrected chi connectivity index (χ2v) is 9.97. The molecular weight excluding hydrogens is 488 g/mol. The fraction of sp³-hybridized carbons (Fsp3) is 0.321. The molecule has 3 aromatic carbocycles. The van der Waals surface area contributed by atoms with E-state index in [1.165, 1.54) is 4.90 Å². The van der Waals surface area contributed by atoms with E-state index in [2.05, 4.69) is 10.2 Å². The number of piperazine rings is 1. The predicted molar refractivity (Wildman–Crippen MR) is 145 cm³/mol. The molecule has 0 spiro atoms. The number of imide groups is 1. The van der Waals surface area contributed by atoms with E-state index in [0.717, 1.165) is 29.2 Å². The molecule has 3 aliphatic heterocycles. The molecule has 3 aromatic rings. The number of urea groups is 1. The zero-order valence-electron chi connectivity index (χ0n) is 20.7. The van der Waals surface area contributed by atoms with Gasteiger partial charge >= 0.3 is 6.03 Å². The van der Waals surface area contributed by atoms with Gasteiger partial charge in [-0.3, -0.25) is 4.79 Å². The van der Waals surface area contributed by atoms with Gasteiger partial charge in [-0.1, -0.05) is 42.5 Å². The van der Waals surface area contributed by atoms with Crippen LogP contribution in [0.2, 0.25) is 0 Å². The second-order valence-electron chi connectivity index (χ2n) is 9.59. The van der Waals surface area contributed by atoms with Crippen LogP contribution in [0.4, 0.5) is 10.5 Å². The molecule has 6 rings (SSSR count). The maximum absolute atomic E-state index is 13.7. The highest BCUT2D eigenvalue weighted by Crippen LogP contribution is 2.43. The van der Waals surface area contributed by atoms with Gasteiger partial charge in [0, 0.05) is 18.5 Å². The summed E-state index contributed by atoms with van der Waals surface area (Å²) >= 11 is 5.74. The van der Waals surface area contributed by atoms with Crippen molar-refractivity contribution in [2.24, 2.45) is 0 Å². The molecule has 8 nitrogen and oxygen atoms in total. The molecule has 3 fully saturated rings. The third-order valence-corrected chi connectivity index (χ3v) is 8.05. The van der Waals surface area contributed by atoms with E-state index in [1.807, 2.05) is 60.7 Å². The zero-order valence-corrected chi connectivity index (χ0v) is 21.5. The molecule has 0 radical (unpaired) electrons. The highest BCUT2D eigenvalue weighted by atomic mass is 32.1. The van der Waals surface area contributed by atoms with Crippen LogP contribution >= 0.6 is 12.2 Å². The summed E-state index contributed by atoms with van der Waals surface area (Å²) in [6.07, 6.45) is 1.51. The maximum atomic E-state index is 13.7. The van der Waals surface area contributed by atoms with E-state index in [-0.39, 0.29) is 24.0 Å². The lowest BCUT2D eigenvalue weighted by Crippen LogP contribution is -2.57. The van der Waals surface area contributed by atoms with Crippen molar-refractivity contribution in [3.63, 3.8) is 0 Å². The molecule has 3 atom stereocenters. The van der Waals surface area contributed by atoms with Crippen LogP contribution in [0.1, 0.15) is 12.0 Å². The Labute approximate surface area is 220 Å². The first-order chi connectivity index (χ1) is 18.0. The molecule has 2 unspecified atom stereocenters. The first-order valence-electron chi connectivity index (χ1n) is 12.4. The van der Waals surface area contributed by atoms with Crippen LogP contribution in [-0.2, 0) is 11.2 Å². The number of ether oxygens (including phenoxy) is 2. The molecule has 3 amide bonds. The topological polar surface area (TPSA) is 74.4 Å². The second kappa shape index (κ2) is 9.23. The normalized spacial score (nSPS) is 22.1. The number of anilines is 1. The van der Waals surface area contributed by atoms with E-state index in [0.29, 0.717) is 35.4 Å². The smallest absolute Gasteiger partial charge is 0.332 e. The fourth-order valence-corrected chi connectivity index (χ4v) is 6.28. The van der Waals surface area contributed by atoms with E-state index >= 15 is 0 Å². The number of likely N-dealkylation sites (tertiary alicyclic amines) is 1. The third-order valence-electron chi connectivity index (χ3n) is 7.67. The lowest BCUT2D eigenvalue weighted by molar-refractivity contribution is -0.120. The number of methoxy groups -OCH3 is 2. The first-order valence-corrected chi connectivity index (χ1v) is 12.8. The molecule has 0 saturated carbocycles. The van der Waals surface area contributed by atoms with Crippen molar-refractivity contribution in [2.45, 2.75) is 31.0 Å². The molecule has 0 aromatic heterocycles. The molecule has 190 valence electrons.